The molecular formula is C8H11O6-. The molecule has 6 nitrogen and oxygen atoms in total. The van der Waals surface area contributed by atoms with Crippen molar-refractivity contribution < 1.29 is 29.0 Å². The van der Waals surface area contributed by atoms with Crippen LogP contribution < -0.4 is 5.11 Å². The van der Waals surface area contributed by atoms with E-state index in [1.807, 2.05) is 0 Å². The van der Waals surface area contributed by atoms with Crippen LogP contribution in [0.3, 0.4) is 0 Å². The number of rotatable bonds is 5. The van der Waals surface area contributed by atoms with E-state index in [0.717, 1.165) is 6.92 Å². The summed E-state index contributed by atoms with van der Waals surface area (Å²) >= 11 is 0. The minimum atomic E-state index is -1.62. The van der Waals surface area contributed by atoms with Gasteiger partial charge in [0.25, 0.3) is 0 Å². The summed E-state index contributed by atoms with van der Waals surface area (Å²) in [7, 11) is 0. The number of carbonyl (C=O) groups is 3. The first-order valence-electron chi connectivity index (χ1n) is 4.01. The van der Waals surface area contributed by atoms with E-state index in [9.17, 15) is 19.5 Å². The average molecular weight is 203 g/mol. The molecule has 14 heavy (non-hydrogen) atoms. The van der Waals surface area contributed by atoms with Crippen LogP contribution in [0.25, 0.3) is 0 Å². The number of aliphatic carboxylic acids is 1. The van der Waals surface area contributed by atoms with Crippen LogP contribution in [0.1, 0.15) is 20.3 Å². The van der Waals surface area contributed by atoms with Gasteiger partial charge in [-0.2, -0.15) is 0 Å². The molecule has 0 bridgehead atoms. The van der Waals surface area contributed by atoms with E-state index in [1.165, 1.54) is 0 Å². The molecule has 0 aromatic heterocycles. The molecule has 0 aromatic rings. The number of carboxylic acids is 1. The van der Waals surface area contributed by atoms with Gasteiger partial charge in [-0.05, 0) is 6.92 Å². The van der Waals surface area contributed by atoms with E-state index < -0.39 is 30.4 Å². The second-order valence-electron chi connectivity index (χ2n) is 2.43. The Morgan fingerprint density at radius 3 is 2.29 bits per heavy atom. The first-order chi connectivity index (χ1) is 6.47. The maximum atomic E-state index is 10.8. The molecule has 0 unspecified atom stereocenters. The third-order valence-electron chi connectivity index (χ3n) is 1.23. The Morgan fingerprint density at radius 1 is 1.36 bits per heavy atom. The van der Waals surface area contributed by atoms with Crippen LogP contribution in [0, 0.1) is 0 Å². The lowest BCUT2D eigenvalue weighted by atomic mass is 10.2. The van der Waals surface area contributed by atoms with Gasteiger partial charge in [0.2, 0.25) is 0 Å². The number of esters is 2. The lowest BCUT2D eigenvalue weighted by molar-refractivity contribution is -0.315. The Hall–Kier alpha value is -1.59. The molecule has 0 fully saturated rings. The van der Waals surface area contributed by atoms with Crippen LogP contribution in [-0.4, -0.2) is 30.6 Å². The fraction of sp³-hybridized carbons (Fsp3) is 0.625. The van der Waals surface area contributed by atoms with Crippen molar-refractivity contribution in [2.75, 3.05) is 6.61 Å². The predicted octanol–water partition coefficient (Wildman–Crippen LogP) is -1.38. The smallest absolute Gasteiger partial charge is 0.309 e. The van der Waals surface area contributed by atoms with Crippen molar-refractivity contribution in [3.63, 3.8) is 0 Å². The van der Waals surface area contributed by atoms with Crippen molar-refractivity contribution >= 4 is 17.9 Å². The molecule has 0 saturated heterocycles. The minimum absolute atomic E-state index is 0.138. The number of carbonyl (C=O) groups excluding carboxylic acids is 3. The molecule has 6 heteroatoms. The summed E-state index contributed by atoms with van der Waals surface area (Å²) in [5.74, 6) is -3.15. The lowest BCUT2D eigenvalue weighted by Crippen LogP contribution is -2.40. The van der Waals surface area contributed by atoms with Crippen molar-refractivity contribution in [1.82, 2.24) is 0 Å². The van der Waals surface area contributed by atoms with Crippen LogP contribution in [-0.2, 0) is 23.9 Å². The quantitative estimate of drug-likeness (QED) is 0.511. The van der Waals surface area contributed by atoms with Gasteiger partial charge in [0.05, 0.1) is 19.0 Å². The first-order valence-corrected chi connectivity index (χ1v) is 4.01. The Labute approximate surface area is 80.8 Å². The van der Waals surface area contributed by atoms with Gasteiger partial charge in [0.15, 0.2) is 6.10 Å². The molecule has 1 atom stereocenters. The molecule has 0 aliphatic rings. The Morgan fingerprint density at radius 2 is 1.93 bits per heavy atom. The molecule has 0 amide bonds. The summed E-state index contributed by atoms with van der Waals surface area (Å²) in [6, 6.07) is 0. The highest BCUT2D eigenvalue weighted by Crippen LogP contribution is 2.00. The summed E-state index contributed by atoms with van der Waals surface area (Å²) in [6.07, 6.45) is -2.11. The standard InChI is InChI=1S/C8H12O6/c1-3-13-7(10)4-6(8(11)12)14-5(2)9/h6H,3-4H2,1-2H3,(H,11,12)/p-1/t6-/m0/s1. The van der Waals surface area contributed by atoms with Crippen LogP contribution in [0.5, 0.6) is 0 Å². The van der Waals surface area contributed by atoms with Gasteiger partial charge in [-0.25, -0.2) is 0 Å². The van der Waals surface area contributed by atoms with Gasteiger partial charge in [-0.15, -0.1) is 0 Å². The fourth-order valence-electron chi connectivity index (χ4n) is 0.745. The third kappa shape index (κ3) is 5.13. The van der Waals surface area contributed by atoms with Gasteiger partial charge in [-0.1, -0.05) is 0 Å². The molecule has 80 valence electrons. The highest BCUT2D eigenvalue weighted by molar-refractivity contribution is 5.81. The number of hydrogen-bond donors (Lipinski definition) is 0. The van der Waals surface area contributed by atoms with E-state index in [0.29, 0.717) is 0 Å². The Kier molecular flexibility index (Phi) is 5.28. The van der Waals surface area contributed by atoms with Gasteiger partial charge in [0.1, 0.15) is 0 Å². The summed E-state index contributed by atoms with van der Waals surface area (Å²) in [6.45, 7) is 2.76. The maximum absolute atomic E-state index is 10.8. The minimum Gasteiger partial charge on any atom is -0.546 e. The lowest BCUT2D eigenvalue weighted by Gasteiger charge is -2.16. The number of ether oxygens (including phenoxy) is 2. The molecular weight excluding hydrogens is 192 g/mol. The van der Waals surface area contributed by atoms with Gasteiger partial charge in [0, 0.05) is 6.92 Å². The highest BCUT2D eigenvalue weighted by atomic mass is 16.6. The van der Waals surface area contributed by atoms with Crippen LogP contribution >= 0.6 is 0 Å². The first kappa shape index (κ1) is 12.4. The topological polar surface area (TPSA) is 92.7 Å². The van der Waals surface area contributed by atoms with Crippen LogP contribution in [0.15, 0.2) is 0 Å². The second kappa shape index (κ2) is 5.95. The van der Waals surface area contributed by atoms with E-state index in [1.54, 1.807) is 6.92 Å². The second-order valence-corrected chi connectivity index (χ2v) is 2.43. The highest BCUT2D eigenvalue weighted by Gasteiger charge is 2.18. The van der Waals surface area contributed by atoms with E-state index in [2.05, 4.69) is 9.47 Å². The molecule has 0 aliphatic heterocycles. The largest absolute Gasteiger partial charge is 0.546 e. The zero-order valence-electron chi connectivity index (χ0n) is 7.94. The average Bonchev–Trinajstić information content (AvgIpc) is 2.02. The summed E-state index contributed by atoms with van der Waals surface area (Å²) in [5, 5.41) is 10.4. The summed E-state index contributed by atoms with van der Waals surface area (Å²) in [5.41, 5.74) is 0. The van der Waals surface area contributed by atoms with E-state index in [-0.39, 0.29) is 6.61 Å². The molecule has 0 saturated carbocycles. The van der Waals surface area contributed by atoms with Crippen molar-refractivity contribution in [2.45, 2.75) is 26.4 Å². The molecule has 0 spiro atoms. The normalized spacial score (nSPS) is 11.6. The zero-order chi connectivity index (χ0) is 11.1. The Balaban J connectivity index is 4.16. The molecule has 0 radical (unpaired) electrons. The predicted molar refractivity (Wildman–Crippen MR) is 41.8 cm³/mol. The fourth-order valence-corrected chi connectivity index (χ4v) is 0.745. The summed E-state index contributed by atoms with van der Waals surface area (Å²) < 4.78 is 8.81. The summed E-state index contributed by atoms with van der Waals surface area (Å²) in [4.78, 5) is 31.6. The van der Waals surface area contributed by atoms with Crippen molar-refractivity contribution in [1.29, 1.82) is 0 Å². The Bertz CT molecular complexity index is 234. The third-order valence-corrected chi connectivity index (χ3v) is 1.23. The van der Waals surface area contributed by atoms with Crippen molar-refractivity contribution in [3.05, 3.63) is 0 Å². The number of carboxylic acid groups (broad SMARTS) is 1. The molecule has 0 aliphatic carbocycles. The molecule has 0 N–H and O–H groups in total. The molecule has 0 heterocycles. The van der Waals surface area contributed by atoms with Crippen molar-refractivity contribution in [3.8, 4) is 0 Å². The molecule has 0 rings (SSSR count). The maximum Gasteiger partial charge on any atom is 0.309 e. The van der Waals surface area contributed by atoms with E-state index >= 15 is 0 Å². The molecule has 0 aromatic carbocycles. The SMILES string of the molecule is CCOC(=O)C[C@H](OC(C)=O)C(=O)[O-]. The number of hydrogen-bond acceptors (Lipinski definition) is 6. The van der Waals surface area contributed by atoms with Gasteiger partial charge >= 0.3 is 11.9 Å². The van der Waals surface area contributed by atoms with E-state index in [4.69, 9.17) is 0 Å². The zero-order valence-corrected chi connectivity index (χ0v) is 7.94. The van der Waals surface area contributed by atoms with Crippen molar-refractivity contribution in [2.24, 2.45) is 0 Å². The van der Waals surface area contributed by atoms with Gasteiger partial charge < -0.3 is 19.4 Å². The van der Waals surface area contributed by atoms with Crippen LogP contribution in [0.2, 0.25) is 0 Å². The monoisotopic (exact) mass is 203 g/mol. The van der Waals surface area contributed by atoms with Crippen LogP contribution in [0.4, 0.5) is 0 Å². The van der Waals surface area contributed by atoms with Gasteiger partial charge in [-0.3, -0.25) is 9.59 Å².